The van der Waals surface area contributed by atoms with Crippen molar-refractivity contribution in [3.8, 4) is 0 Å². The van der Waals surface area contributed by atoms with Gasteiger partial charge in [0.05, 0.1) is 16.6 Å². The lowest BCUT2D eigenvalue weighted by atomic mass is 9.95. The molecule has 0 aliphatic rings. The van der Waals surface area contributed by atoms with Gasteiger partial charge in [0.15, 0.2) is 5.82 Å². The summed E-state index contributed by atoms with van der Waals surface area (Å²) in [6.07, 6.45) is 0. The van der Waals surface area contributed by atoms with E-state index in [-0.39, 0.29) is 35.0 Å². The third kappa shape index (κ3) is 5.51. The second-order valence-corrected chi connectivity index (χ2v) is 10.1. The maximum Gasteiger partial charge on any atom is 0.258 e. The molecule has 0 spiro atoms. The molecule has 0 aliphatic carbocycles. The maximum atomic E-state index is 15.2. The Labute approximate surface area is 218 Å². The molecule has 11 heteroatoms. The largest absolute Gasteiger partial charge is 0.351 e. The fourth-order valence-electron chi connectivity index (χ4n) is 3.73. The minimum Gasteiger partial charge on any atom is -0.351 e. The fourth-order valence-corrected chi connectivity index (χ4v) is 3.73. The molecule has 3 aromatic carbocycles. The van der Waals surface area contributed by atoms with Crippen molar-refractivity contribution in [2.75, 3.05) is 10.6 Å². The molecule has 7 nitrogen and oxygen atoms in total. The molecule has 38 heavy (non-hydrogen) atoms. The molecule has 1 heterocycles. The van der Waals surface area contributed by atoms with Crippen LogP contribution in [-0.4, -0.2) is 29.2 Å². The van der Waals surface area contributed by atoms with Crippen LogP contribution in [-0.2, 0) is 18.4 Å². The molecule has 1 aromatic heterocycles. The SMILES string of the molecule is Bc1ccc(NC(=O)c2cc3nc(Nc4c(F)ccc(CNC(=O)C(C)(C)C)c4F)n(C)c3cc2F)cc1. The normalized spacial score (nSPS) is 11.4. The topological polar surface area (TPSA) is 88.1 Å². The molecule has 0 unspecified atom stereocenters. The number of benzene rings is 3. The van der Waals surface area contributed by atoms with Gasteiger partial charge in [0.1, 0.15) is 25.2 Å². The zero-order valence-electron chi connectivity index (χ0n) is 21.7. The standard InChI is InChI=1S/C27H27BF3N5O2/c1-27(2,3)25(38)32-13-14-5-10-18(29)23(22(14)31)35-26-34-20-11-17(19(30)12-21(20)36(26)4)24(37)33-16-8-6-15(28)7-9-16/h5-12H,13,28H2,1-4H3,(H,32,38)(H,33,37)(H,34,35). The Morgan fingerprint density at radius 1 is 1.00 bits per heavy atom. The molecule has 4 rings (SSSR count). The van der Waals surface area contributed by atoms with Crippen molar-refractivity contribution in [1.29, 1.82) is 0 Å². The number of rotatable bonds is 6. The molecule has 0 radical (unpaired) electrons. The number of anilines is 3. The van der Waals surface area contributed by atoms with E-state index < -0.39 is 34.5 Å². The highest BCUT2D eigenvalue weighted by Gasteiger charge is 2.23. The first-order valence-electron chi connectivity index (χ1n) is 11.9. The predicted octanol–water partition coefficient (Wildman–Crippen LogP) is 3.91. The van der Waals surface area contributed by atoms with Crippen molar-refractivity contribution in [3.63, 3.8) is 0 Å². The number of fused-ring (bicyclic) bond motifs is 1. The highest BCUT2D eigenvalue weighted by molar-refractivity contribution is 6.32. The molecule has 3 N–H and O–H groups in total. The molecule has 0 atom stereocenters. The van der Waals surface area contributed by atoms with Crippen LogP contribution in [0.15, 0.2) is 48.5 Å². The van der Waals surface area contributed by atoms with Crippen LogP contribution in [0.5, 0.6) is 0 Å². The van der Waals surface area contributed by atoms with Crippen LogP contribution >= 0.6 is 0 Å². The molecule has 4 aromatic rings. The van der Waals surface area contributed by atoms with Crippen LogP contribution in [0.2, 0.25) is 0 Å². The van der Waals surface area contributed by atoms with Gasteiger partial charge in [-0.05, 0) is 24.3 Å². The number of hydrogen-bond donors (Lipinski definition) is 3. The summed E-state index contributed by atoms with van der Waals surface area (Å²) < 4.78 is 46.1. The van der Waals surface area contributed by atoms with Gasteiger partial charge in [-0.25, -0.2) is 18.2 Å². The summed E-state index contributed by atoms with van der Waals surface area (Å²) in [5, 5.41) is 7.92. The highest BCUT2D eigenvalue weighted by Crippen LogP contribution is 2.29. The average molecular weight is 521 g/mol. The number of carbonyl (C=O) groups is 2. The number of aryl methyl sites for hydroxylation is 1. The Bertz CT molecular complexity index is 1550. The Balaban J connectivity index is 1.61. The molecule has 0 saturated carbocycles. The van der Waals surface area contributed by atoms with Gasteiger partial charge >= 0.3 is 0 Å². The van der Waals surface area contributed by atoms with E-state index in [1.54, 1.807) is 40.0 Å². The Hall–Kier alpha value is -4.28. The Morgan fingerprint density at radius 2 is 1.68 bits per heavy atom. The van der Waals surface area contributed by atoms with Crippen LogP contribution < -0.4 is 21.4 Å². The Morgan fingerprint density at radius 3 is 2.34 bits per heavy atom. The van der Waals surface area contributed by atoms with Crippen LogP contribution in [0, 0.1) is 22.9 Å². The molecule has 2 amide bonds. The fraction of sp³-hybridized carbons (Fsp3) is 0.222. The third-order valence-electron chi connectivity index (χ3n) is 6.05. The van der Waals surface area contributed by atoms with Crippen LogP contribution in [0.3, 0.4) is 0 Å². The van der Waals surface area contributed by atoms with Gasteiger partial charge in [-0.2, -0.15) is 0 Å². The summed E-state index contributed by atoms with van der Waals surface area (Å²) in [4.78, 5) is 29.2. The molecule has 0 aliphatic heterocycles. The van der Waals surface area contributed by atoms with Crippen molar-refractivity contribution < 1.29 is 22.8 Å². The van der Waals surface area contributed by atoms with Gasteiger partial charge in [0.2, 0.25) is 11.9 Å². The minimum absolute atomic E-state index is 0.0316. The maximum absolute atomic E-state index is 15.2. The van der Waals surface area contributed by atoms with E-state index in [4.69, 9.17) is 0 Å². The molecule has 0 fully saturated rings. The minimum atomic E-state index is -0.893. The number of nitrogens with zero attached hydrogens (tertiary/aromatic N) is 2. The summed E-state index contributed by atoms with van der Waals surface area (Å²) in [7, 11) is 3.46. The molecular formula is C27H27BF3N5O2. The summed E-state index contributed by atoms with van der Waals surface area (Å²) >= 11 is 0. The second-order valence-electron chi connectivity index (χ2n) is 10.1. The van der Waals surface area contributed by atoms with Gasteiger partial charge in [-0.1, -0.05) is 44.4 Å². The number of nitrogens with one attached hydrogen (secondary N) is 3. The van der Waals surface area contributed by atoms with Crippen LogP contribution in [0.4, 0.5) is 30.5 Å². The third-order valence-corrected chi connectivity index (χ3v) is 6.05. The van der Waals surface area contributed by atoms with Crippen molar-refractivity contribution in [2.24, 2.45) is 12.5 Å². The smallest absolute Gasteiger partial charge is 0.258 e. The number of aromatic nitrogens is 2. The monoisotopic (exact) mass is 521 g/mol. The number of halogens is 3. The van der Waals surface area contributed by atoms with E-state index in [9.17, 15) is 18.4 Å². The lowest BCUT2D eigenvalue weighted by Crippen LogP contribution is -2.34. The lowest BCUT2D eigenvalue weighted by molar-refractivity contribution is -0.128. The zero-order valence-corrected chi connectivity index (χ0v) is 21.7. The molecule has 196 valence electrons. The predicted molar refractivity (Wildman–Crippen MR) is 144 cm³/mol. The van der Waals surface area contributed by atoms with Gasteiger partial charge in [0.25, 0.3) is 5.91 Å². The highest BCUT2D eigenvalue weighted by atomic mass is 19.1. The van der Waals surface area contributed by atoms with E-state index >= 15 is 4.39 Å². The first-order valence-corrected chi connectivity index (χ1v) is 11.9. The van der Waals surface area contributed by atoms with E-state index in [2.05, 4.69) is 20.9 Å². The summed E-state index contributed by atoms with van der Waals surface area (Å²) in [6.45, 7) is 5.04. The molecule has 0 saturated heterocycles. The van der Waals surface area contributed by atoms with Gasteiger partial charge in [0, 0.05) is 36.3 Å². The quantitative estimate of drug-likeness (QED) is 0.336. The van der Waals surface area contributed by atoms with Crippen molar-refractivity contribution in [3.05, 3.63) is 77.1 Å². The zero-order chi connectivity index (χ0) is 27.8. The van der Waals surface area contributed by atoms with Crippen molar-refractivity contribution in [1.82, 2.24) is 14.9 Å². The van der Waals surface area contributed by atoms with E-state index in [0.29, 0.717) is 11.2 Å². The number of amides is 2. The molecule has 0 bridgehead atoms. The second kappa shape index (κ2) is 10.2. The first kappa shape index (κ1) is 26.8. The van der Waals surface area contributed by atoms with Crippen molar-refractivity contribution in [2.45, 2.75) is 27.3 Å². The number of hydrogen-bond acceptors (Lipinski definition) is 4. The summed E-state index contributed by atoms with van der Waals surface area (Å²) in [6, 6.07) is 11.8. The number of imidazole rings is 1. The van der Waals surface area contributed by atoms with Crippen LogP contribution in [0.1, 0.15) is 36.7 Å². The van der Waals surface area contributed by atoms with Crippen LogP contribution in [0.25, 0.3) is 11.0 Å². The van der Waals surface area contributed by atoms with Gasteiger partial charge in [-0.3, -0.25) is 9.59 Å². The summed E-state index contributed by atoms with van der Waals surface area (Å²) in [5.41, 5.74) is 0.790. The van der Waals surface area contributed by atoms with E-state index in [0.717, 1.165) is 17.6 Å². The first-order chi connectivity index (χ1) is 17.8. The summed E-state index contributed by atoms with van der Waals surface area (Å²) in [5.74, 6) is -3.44. The van der Waals surface area contributed by atoms with Crippen molar-refractivity contribution >= 4 is 53.5 Å². The Kier molecular flexibility index (Phi) is 7.21. The van der Waals surface area contributed by atoms with E-state index in [1.807, 2.05) is 20.0 Å². The van der Waals surface area contributed by atoms with Gasteiger partial charge in [-0.15, -0.1) is 0 Å². The van der Waals surface area contributed by atoms with E-state index in [1.165, 1.54) is 16.7 Å². The van der Waals surface area contributed by atoms with Gasteiger partial charge < -0.3 is 20.5 Å². The lowest BCUT2D eigenvalue weighted by Gasteiger charge is -2.18. The average Bonchev–Trinajstić information content (AvgIpc) is 3.15. The molecular weight excluding hydrogens is 494 g/mol. The number of carbonyl (C=O) groups excluding carboxylic acids is 2.